The van der Waals surface area contributed by atoms with Crippen LogP contribution in [0.5, 0.6) is 5.75 Å². The van der Waals surface area contributed by atoms with Crippen molar-refractivity contribution in [3.05, 3.63) is 59.2 Å². The van der Waals surface area contributed by atoms with Crippen LogP contribution in [0.15, 0.2) is 36.5 Å². The van der Waals surface area contributed by atoms with Gasteiger partial charge in [0.15, 0.2) is 11.6 Å². The van der Waals surface area contributed by atoms with Gasteiger partial charge < -0.3 is 24.0 Å². The van der Waals surface area contributed by atoms with E-state index in [0.29, 0.717) is 43.7 Å². The number of carbonyl (C=O) groups is 2. The summed E-state index contributed by atoms with van der Waals surface area (Å²) in [7, 11) is 0. The zero-order valence-electron chi connectivity index (χ0n) is 22.6. The molecular weight excluding hydrogens is 548 g/mol. The van der Waals surface area contributed by atoms with E-state index in [4.69, 9.17) is 9.84 Å². The van der Waals surface area contributed by atoms with Crippen LogP contribution in [0, 0.1) is 5.82 Å². The lowest BCUT2D eigenvalue weighted by molar-refractivity contribution is -0.275. The molecule has 1 fully saturated rings. The van der Waals surface area contributed by atoms with Crippen molar-refractivity contribution in [2.45, 2.75) is 57.7 Å². The summed E-state index contributed by atoms with van der Waals surface area (Å²) in [6, 6.07) is 7.10. The van der Waals surface area contributed by atoms with Crippen molar-refractivity contribution in [2.24, 2.45) is 0 Å². The molecule has 41 heavy (non-hydrogen) atoms. The predicted molar refractivity (Wildman–Crippen MR) is 139 cm³/mol. The Labute approximate surface area is 233 Å². The summed E-state index contributed by atoms with van der Waals surface area (Å²) < 4.78 is 62.9. The number of alkyl halides is 3. The average molecular weight is 579 g/mol. The number of benzene rings is 1. The number of carbonyl (C=O) groups excluding carboxylic acids is 1. The average Bonchev–Trinajstić information content (AvgIpc) is 3.20. The van der Waals surface area contributed by atoms with Crippen molar-refractivity contribution < 1.29 is 41.7 Å². The minimum atomic E-state index is -5.01. The third-order valence-electron chi connectivity index (χ3n) is 7.61. The van der Waals surface area contributed by atoms with Crippen LogP contribution < -0.4 is 4.74 Å². The highest BCUT2D eigenvalue weighted by Crippen LogP contribution is 2.40. The first-order valence-electron chi connectivity index (χ1n) is 13.2. The first-order valence-corrected chi connectivity index (χ1v) is 13.2. The Morgan fingerprint density at radius 1 is 1.17 bits per heavy atom. The molecule has 1 aromatic carbocycles. The lowest BCUT2D eigenvalue weighted by Gasteiger charge is -2.40. The number of nitrogens with zero attached hydrogens (tertiary/aromatic N) is 4. The van der Waals surface area contributed by atoms with Crippen LogP contribution in [0.25, 0.3) is 11.0 Å². The van der Waals surface area contributed by atoms with Crippen LogP contribution in [0.1, 0.15) is 43.5 Å². The number of ether oxygens (including phenoxy) is 2. The van der Waals surface area contributed by atoms with Crippen LogP contribution in [-0.2, 0) is 28.0 Å². The SMILES string of the molecule is CC1(C)CN(C(=O)CN2CCC(OC(=O)O)CC2)Cc2c1c1cccnc1n2Cc1ccc(OC(F)(F)F)c(F)c1. The van der Waals surface area contributed by atoms with E-state index in [1.807, 2.05) is 35.4 Å². The Morgan fingerprint density at radius 2 is 1.90 bits per heavy atom. The predicted octanol–water partition coefficient (Wildman–Crippen LogP) is 4.90. The van der Waals surface area contributed by atoms with Crippen LogP contribution in [0.3, 0.4) is 0 Å². The van der Waals surface area contributed by atoms with Gasteiger partial charge in [-0.3, -0.25) is 9.69 Å². The molecule has 0 unspecified atom stereocenters. The summed E-state index contributed by atoms with van der Waals surface area (Å²) in [5.41, 5.74) is 2.45. The molecular formula is C28H30F4N4O5. The molecule has 0 bridgehead atoms. The molecule has 13 heteroatoms. The van der Waals surface area contributed by atoms with E-state index in [0.717, 1.165) is 28.8 Å². The third-order valence-corrected chi connectivity index (χ3v) is 7.61. The number of pyridine rings is 1. The topological polar surface area (TPSA) is 97.1 Å². The molecule has 1 N–H and O–H groups in total. The zero-order valence-corrected chi connectivity index (χ0v) is 22.6. The van der Waals surface area contributed by atoms with Gasteiger partial charge in [-0.2, -0.15) is 0 Å². The van der Waals surface area contributed by atoms with Gasteiger partial charge in [0, 0.05) is 48.9 Å². The summed E-state index contributed by atoms with van der Waals surface area (Å²) in [6.45, 7) is 6.20. The van der Waals surface area contributed by atoms with E-state index in [1.165, 1.54) is 6.07 Å². The fourth-order valence-electron chi connectivity index (χ4n) is 5.94. The quantitative estimate of drug-likeness (QED) is 0.328. The third kappa shape index (κ3) is 6.24. The number of fused-ring (bicyclic) bond motifs is 3. The molecule has 9 nitrogen and oxygen atoms in total. The van der Waals surface area contributed by atoms with Gasteiger partial charge in [0.1, 0.15) is 11.8 Å². The number of aromatic nitrogens is 2. The van der Waals surface area contributed by atoms with Crippen LogP contribution in [0.4, 0.5) is 22.4 Å². The van der Waals surface area contributed by atoms with E-state index < -0.39 is 29.5 Å². The molecule has 2 aromatic heterocycles. The van der Waals surface area contributed by atoms with Gasteiger partial charge in [0.2, 0.25) is 5.91 Å². The number of halogens is 4. The molecule has 2 aliphatic rings. The Balaban J connectivity index is 1.40. The van der Waals surface area contributed by atoms with Crippen molar-refractivity contribution in [3.8, 4) is 5.75 Å². The van der Waals surface area contributed by atoms with Crippen LogP contribution in [-0.4, -0.2) is 75.2 Å². The molecule has 0 aliphatic carbocycles. The van der Waals surface area contributed by atoms with Gasteiger partial charge in [-0.15, -0.1) is 13.2 Å². The van der Waals surface area contributed by atoms with E-state index >= 15 is 0 Å². The number of hydrogen-bond donors (Lipinski definition) is 1. The molecule has 3 aromatic rings. The van der Waals surface area contributed by atoms with E-state index in [9.17, 15) is 27.2 Å². The Morgan fingerprint density at radius 3 is 2.56 bits per heavy atom. The minimum Gasteiger partial charge on any atom is -0.450 e. The standard InChI is InChI=1S/C28H30F4N4O5/c1-27(2)16-35(23(37)15-34-10-7-18(8-11-34)40-26(38)39)14-21-24(27)19-4-3-9-33-25(19)36(21)13-17-5-6-22(20(29)12-17)41-28(30,31)32/h3-6,9,12,18H,7-8,10-11,13-16H2,1-2H3,(H,38,39). The molecule has 4 heterocycles. The first-order chi connectivity index (χ1) is 19.3. The van der Waals surface area contributed by atoms with E-state index in [1.54, 1.807) is 11.1 Å². The molecule has 5 rings (SSSR count). The highest BCUT2D eigenvalue weighted by Gasteiger charge is 2.39. The fourth-order valence-corrected chi connectivity index (χ4v) is 5.94. The number of rotatable bonds is 6. The summed E-state index contributed by atoms with van der Waals surface area (Å²) in [6.07, 6.45) is -4.02. The molecule has 1 amide bonds. The first kappa shape index (κ1) is 28.7. The maximum absolute atomic E-state index is 14.5. The highest BCUT2D eigenvalue weighted by molar-refractivity contribution is 5.85. The molecule has 220 valence electrons. The van der Waals surface area contributed by atoms with Crippen LogP contribution in [0.2, 0.25) is 0 Å². The van der Waals surface area contributed by atoms with Crippen LogP contribution >= 0.6 is 0 Å². The van der Waals surface area contributed by atoms with Gasteiger partial charge in [-0.25, -0.2) is 14.2 Å². The van der Waals surface area contributed by atoms with Crippen molar-refractivity contribution in [1.29, 1.82) is 0 Å². The smallest absolute Gasteiger partial charge is 0.450 e. The van der Waals surface area contributed by atoms with Crippen molar-refractivity contribution in [3.63, 3.8) is 0 Å². The zero-order chi connectivity index (χ0) is 29.5. The summed E-state index contributed by atoms with van der Waals surface area (Å²) in [5, 5.41) is 9.74. The molecule has 0 spiro atoms. The Hall–Kier alpha value is -3.87. The van der Waals surface area contributed by atoms with E-state index in [-0.39, 0.29) is 31.6 Å². The van der Waals surface area contributed by atoms with Gasteiger partial charge in [-0.05, 0) is 48.2 Å². The summed E-state index contributed by atoms with van der Waals surface area (Å²) in [5.74, 6) is -2.12. The molecule has 0 saturated carbocycles. The van der Waals surface area contributed by atoms with Gasteiger partial charge in [0.05, 0.1) is 13.1 Å². The number of hydrogen-bond acceptors (Lipinski definition) is 6. The summed E-state index contributed by atoms with van der Waals surface area (Å²) in [4.78, 5) is 32.6. The second-order valence-electron chi connectivity index (χ2n) is 11.1. The van der Waals surface area contributed by atoms with Gasteiger partial charge in [-0.1, -0.05) is 19.9 Å². The molecule has 0 atom stereocenters. The molecule has 0 radical (unpaired) electrons. The maximum atomic E-state index is 14.5. The normalized spacial score (nSPS) is 17.9. The van der Waals surface area contributed by atoms with Crippen molar-refractivity contribution in [1.82, 2.24) is 19.4 Å². The second-order valence-corrected chi connectivity index (χ2v) is 11.1. The van der Waals surface area contributed by atoms with Crippen molar-refractivity contribution in [2.75, 3.05) is 26.2 Å². The molecule has 1 saturated heterocycles. The monoisotopic (exact) mass is 578 g/mol. The number of carboxylic acid groups (broad SMARTS) is 1. The fraction of sp³-hybridized carbons (Fsp3) is 0.464. The van der Waals surface area contributed by atoms with Crippen molar-refractivity contribution >= 4 is 23.1 Å². The Bertz CT molecular complexity index is 1460. The van der Waals surface area contributed by atoms with E-state index in [2.05, 4.69) is 9.72 Å². The Kier molecular flexibility index (Phi) is 7.58. The number of piperidine rings is 1. The largest absolute Gasteiger partial charge is 0.573 e. The maximum Gasteiger partial charge on any atom is 0.573 e. The second kappa shape index (κ2) is 10.8. The summed E-state index contributed by atoms with van der Waals surface area (Å²) >= 11 is 0. The highest BCUT2D eigenvalue weighted by atomic mass is 19.4. The number of amides is 1. The minimum absolute atomic E-state index is 0.0780. The molecule has 2 aliphatic heterocycles. The lowest BCUT2D eigenvalue weighted by atomic mass is 9.79. The van der Waals surface area contributed by atoms with Gasteiger partial charge >= 0.3 is 12.5 Å². The van der Waals surface area contributed by atoms with Gasteiger partial charge in [0.25, 0.3) is 0 Å². The lowest BCUT2D eigenvalue weighted by Crippen LogP contribution is -2.50. The number of likely N-dealkylation sites (tertiary alicyclic amines) is 1.